The number of rotatable bonds is 6. The molecule has 0 fully saturated rings. The van der Waals surface area contributed by atoms with Gasteiger partial charge in [0.15, 0.2) is 5.75 Å². The Labute approximate surface area is 170 Å². The predicted octanol–water partition coefficient (Wildman–Crippen LogP) is 6.56. The normalized spacial score (nSPS) is 13.8. The van der Waals surface area contributed by atoms with Crippen LogP contribution >= 0.6 is 33.0 Å². The number of aromatic nitrogens is 1. The van der Waals surface area contributed by atoms with E-state index in [0.717, 1.165) is 22.2 Å². The number of benzene rings is 2. The SMILES string of the molecule is CCOP(=S)(Oc1cc(Br)c(O)c2cc3ccc(C)cc3nc12)SCC. The molecule has 1 aromatic heterocycles. The molecule has 8 heteroatoms. The average molecular weight is 472 g/mol. The zero-order valence-corrected chi connectivity index (χ0v) is 18.8. The van der Waals surface area contributed by atoms with Crippen molar-refractivity contribution < 1.29 is 14.2 Å². The van der Waals surface area contributed by atoms with Crippen LogP contribution < -0.4 is 4.52 Å². The number of nitrogens with zero attached hydrogens (tertiary/aromatic N) is 1. The van der Waals surface area contributed by atoms with Gasteiger partial charge in [-0.1, -0.05) is 30.4 Å². The lowest BCUT2D eigenvalue weighted by Crippen LogP contribution is -1.97. The Morgan fingerprint density at radius 1 is 1.27 bits per heavy atom. The van der Waals surface area contributed by atoms with Gasteiger partial charge in [-0.05, 0) is 59.3 Å². The Hall–Kier alpha value is -0.850. The summed E-state index contributed by atoms with van der Waals surface area (Å²) in [7, 11) is 0. The van der Waals surface area contributed by atoms with E-state index in [4.69, 9.17) is 25.8 Å². The fourth-order valence-corrected chi connectivity index (χ4v) is 7.63. The quantitative estimate of drug-likeness (QED) is 0.324. The van der Waals surface area contributed by atoms with Gasteiger partial charge in [-0.2, -0.15) is 0 Å². The molecule has 0 bridgehead atoms. The predicted molar refractivity (Wildman–Crippen MR) is 118 cm³/mol. The molecule has 0 saturated carbocycles. The van der Waals surface area contributed by atoms with Gasteiger partial charge in [0.2, 0.25) is 0 Å². The van der Waals surface area contributed by atoms with Crippen molar-refractivity contribution in [2.75, 3.05) is 12.4 Å². The van der Waals surface area contributed by atoms with Crippen molar-refractivity contribution in [3.05, 3.63) is 40.4 Å². The van der Waals surface area contributed by atoms with Crippen molar-refractivity contribution in [2.24, 2.45) is 0 Å². The summed E-state index contributed by atoms with van der Waals surface area (Å²) in [5, 5.41) is 12.1. The number of phenols is 1. The molecule has 1 atom stereocenters. The topological polar surface area (TPSA) is 51.6 Å². The number of fused-ring (bicyclic) bond motifs is 2. The van der Waals surface area contributed by atoms with Crippen LogP contribution in [-0.2, 0) is 16.3 Å². The molecule has 0 aliphatic heterocycles. The highest BCUT2D eigenvalue weighted by atomic mass is 79.9. The summed E-state index contributed by atoms with van der Waals surface area (Å²) < 4.78 is 12.5. The minimum Gasteiger partial charge on any atom is -0.506 e. The molecule has 3 aromatic rings. The lowest BCUT2D eigenvalue weighted by atomic mass is 10.1. The van der Waals surface area contributed by atoms with Crippen molar-refractivity contribution in [1.82, 2.24) is 4.98 Å². The maximum absolute atomic E-state index is 10.5. The molecule has 1 N–H and O–H groups in total. The van der Waals surface area contributed by atoms with E-state index >= 15 is 0 Å². The summed E-state index contributed by atoms with van der Waals surface area (Å²) in [6.07, 6.45) is 0. The third-order valence-corrected chi connectivity index (χ3v) is 9.66. The van der Waals surface area contributed by atoms with Gasteiger partial charge in [0.05, 0.1) is 16.6 Å². The van der Waals surface area contributed by atoms with E-state index in [9.17, 15) is 5.11 Å². The van der Waals surface area contributed by atoms with Gasteiger partial charge in [-0.3, -0.25) is 0 Å². The molecular formula is C18H19BrNO3PS2. The Bertz CT molecular complexity index is 1020. The number of aromatic hydroxyl groups is 1. The van der Waals surface area contributed by atoms with Crippen LogP contribution in [0.3, 0.4) is 0 Å². The second-order valence-corrected chi connectivity index (χ2v) is 13.0. The molecular weight excluding hydrogens is 453 g/mol. The molecule has 1 unspecified atom stereocenters. The van der Waals surface area contributed by atoms with Gasteiger partial charge < -0.3 is 14.2 Å². The van der Waals surface area contributed by atoms with Gasteiger partial charge in [-0.25, -0.2) is 4.98 Å². The molecule has 26 heavy (non-hydrogen) atoms. The minimum absolute atomic E-state index is 0.134. The summed E-state index contributed by atoms with van der Waals surface area (Å²) in [5.41, 5.74) is -0.000820. The Balaban J connectivity index is 2.24. The zero-order valence-electron chi connectivity index (χ0n) is 14.7. The van der Waals surface area contributed by atoms with E-state index < -0.39 is 5.69 Å². The Morgan fingerprint density at radius 2 is 2.04 bits per heavy atom. The van der Waals surface area contributed by atoms with Crippen molar-refractivity contribution >= 4 is 66.6 Å². The molecule has 1 heterocycles. The maximum Gasteiger partial charge on any atom is 0.297 e. The number of hydrogen-bond donors (Lipinski definition) is 1. The highest BCUT2D eigenvalue weighted by Crippen LogP contribution is 2.61. The number of halogens is 1. The second-order valence-electron chi connectivity index (χ2n) is 5.66. The van der Waals surface area contributed by atoms with Crippen LogP contribution in [0, 0.1) is 6.92 Å². The van der Waals surface area contributed by atoms with Crippen LogP contribution in [0.4, 0.5) is 0 Å². The lowest BCUT2D eigenvalue weighted by molar-refractivity contribution is 0.345. The molecule has 0 saturated heterocycles. The monoisotopic (exact) mass is 471 g/mol. The van der Waals surface area contributed by atoms with Crippen molar-refractivity contribution in [1.29, 1.82) is 0 Å². The van der Waals surface area contributed by atoms with E-state index in [-0.39, 0.29) is 5.75 Å². The smallest absolute Gasteiger partial charge is 0.297 e. The number of hydrogen-bond acceptors (Lipinski definition) is 6. The van der Waals surface area contributed by atoms with E-state index in [1.807, 2.05) is 45.0 Å². The molecule has 3 rings (SSSR count). The third kappa shape index (κ3) is 4.02. The van der Waals surface area contributed by atoms with E-state index in [0.29, 0.717) is 27.7 Å². The molecule has 0 radical (unpaired) electrons. The zero-order chi connectivity index (χ0) is 18.9. The van der Waals surface area contributed by atoms with Gasteiger partial charge in [0, 0.05) is 22.6 Å². The maximum atomic E-state index is 10.5. The van der Waals surface area contributed by atoms with Gasteiger partial charge in [-0.15, -0.1) is 0 Å². The summed E-state index contributed by atoms with van der Waals surface area (Å²) in [6, 6.07) is 9.66. The molecule has 4 nitrogen and oxygen atoms in total. The molecule has 0 amide bonds. The summed E-state index contributed by atoms with van der Waals surface area (Å²) >= 11 is 10.6. The first-order chi connectivity index (χ1) is 12.4. The first-order valence-electron chi connectivity index (χ1n) is 8.18. The fraction of sp³-hybridized carbons (Fsp3) is 0.278. The Morgan fingerprint density at radius 3 is 2.73 bits per heavy atom. The standard InChI is InChI=1S/C18H19BrNO3PS2/c1-4-22-24(25,26-5-2)23-16-10-14(19)18(21)13-9-12-7-6-11(3)8-15(12)20-17(13)16/h6-10,21H,4-5H2,1-3H3. The van der Waals surface area contributed by atoms with Crippen LogP contribution in [0.1, 0.15) is 19.4 Å². The van der Waals surface area contributed by atoms with Crippen LogP contribution in [0.2, 0.25) is 0 Å². The molecule has 0 aliphatic carbocycles. The van der Waals surface area contributed by atoms with Crippen molar-refractivity contribution in [2.45, 2.75) is 20.8 Å². The first-order valence-corrected chi connectivity index (χ1v) is 13.2. The number of aryl methyl sites for hydroxylation is 1. The molecule has 0 aliphatic rings. The third-order valence-electron chi connectivity index (χ3n) is 3.73. The number of phenolic OH excluding ortho intramolecular Hbond substituents is 1. The Kier molecular flexibility index (Phi) is 6.14. The molecule has 0 spiro atoms. The van der Waals surface area contributed by atoms with Gasteiger partial charge in [0.1, 0.15) is 11.3 Å². The molecule has 138 valence electrons. The van der Waals surface area contributed by atoms with E-state index in [1.54, 1.807) is 6.07 Å². The fourth-order valence-electron chi connectivity index (χ4n) is 2.62. The minimum atomic E-state index is -2.54. The van der Waals surface area contributed by atoms with Crippen LogP contribution in [0.5, 0.6) is 11.5 Å². The largest absolute Gasteiger partial charge is 0.506 e. The summed E-state index contributed by atoms with van der Waals surface area (Å²) in [5.74, 6) is 1.45. The van der Waals surface area contributed by atoms with Gasteiger partial charge >= 0.3 is 0 Å². The lowest BCUT2D eigenvalue weighted by Gasteiger charge is -2.22. The first kappa shape index (κ1) is 19.9. The average Bonchev–Trinajstić information content (AvgIpc) is 2.58. The van der Waals surface area contributed by atoms with Crippen molar-refractivity contribution in [3.8, 4) is 11.5 Å². The second kappa shape index (κ2) is 8.03. The highest BCUT2D eigenvalue weighted by molar-refractivity contribution is 9.10. The van der Waals surface area contributed by atoms with E-state index in [2.05, 4.69) is 15.9 Å². The van der Waals surface area contributed by atoms with Crippen molar-refractivity contribution in [3.63, 3.8) is 0 Å². The van der Waals surface area contributed by atoms with Gasteiger partial charge in [0.25, 0.3) is 5.69 Å². The highest BCUT2D eigenvalue weighted by Gasteiger charge is 2.23. The van der Waals surface area contributed by atoms with Crippen LogP contribution in [0.15, 0.2) is 34.8 Å². The van der Waals surface area contributed by atoms with Crippen LogP contribution in [-0.4, -0.2) is 22.5 Å². The van der Waals surface area contributed by atoms with Crippen LogP contribution in [0.25, 0.3) is 21.8 Å². The molecule has 2 aromatic carbocycles. The van der Waals surface area contributed by atoms with E-state index in [1.165, 1.54) is 11.4 Å². The summed E-state index contributed by atoms with van der Waals surface area (Å²) in [6.45, 7) is 6.43. The number of pyridine rings is 1. The summed E-state index contributed by atoms with van der Waals surface area (Å²) in [4.78, 5) is 4.75.